The van der Waals surface area contributed by atoms with E-state index in [0.29, 0.717) is 6.54 Å². The second-order valence-electron chi connectivity index (χ2n) is 3.95. The molecule has 1 amide bonds. The highest BCUT2D eigenvalue weighted by Gasteiger charge is 2.32. The average Bonchev–Trinajstić information content (AvgIpc) is 2.18. The number of carbonyl (C=O) groups excluding carboxylic acids is 1. The van der Waals surface area contributed by atoms with Gasteiger partial charge in [-0.1, -0.05) is 6.08 Å². The first kappa shape index (κ1) is 10.3. The predicted molar refractivity (Wildman–Crippen MR) is 53.5 cm³/mol. The molecule has 1 heterocycles. The van der Waals surface area contributed by atoms with Crippen LogP contribution < -0.4 is 5.32 Å². The van der Waals surface area contributed by atoms with Crippen LogP contribution in [-0.2, 0) is 4.79 Å². The minimum Gasteiger partial charge on any atom is -0.337 e. The van der Waals surface area contributed by atoms with Gasteiger partial charge in [0, 0.05) is 13.1 Å². The molecule has 1 N–H and O–H groups in total. The summed E-state index contributed by atoms with van der Waals surface area (Å²) >= 11 is 0. The number of hydrogen-bond donors (Lipinski definition) is 1. The molecule has 0 aromatic heterocycles. The number of nitrogens with one attached hydrogen (secondary N) is 1. The largest absolute Gasteiger partial charge is 0.337 e. The first-order valence-corrected chi connectivity index (χ1v) is 4.73. The molecule has 0 spiro atoms. The molecule has 1 rings (SSSR count). The van der Waals surface area contributed by atoms with Gasteiger partial charge in [-0.15, -0.1) is 6.58 Å². The fourth-order valence-corrected chi connectivity index (χ4v) is 1.57. The molecule has 0 radical (unpaired) electrons. The molecule has 0 atom stereocenters. The Balaban J connectivity index is 2.73. The molecule has 0 unspecified atom stereocenters. The van der Waals surface area contributed by atoms with Gasteiger partial charge < -0.3 is 10.2 Å². The number of nitrogens with zero attached hydrogens (tertiary/aromatic N) is 1. The van der Waals surface area contributed by atoms with Crippen molar-refractivity contribution in [2.24, 2.45) is 0 Å². The zero-order valence-electron chi connectivity index (χ0n) is 8.47. The molecule has 0 bridgehead atoms. The van der Waals surface area contributed by atoms with Crippen LogP contribution in [0.25, 0.3) is 0 Å². The van der Waals surface area contributed by atoms with E-state index >= 15 is 0 Å². The summed E-state index contributed by atoms with van der Waals surface area (Å²) in [6, 6.07) is 0. The van der Waals surface area contributed by atoms with E-state index in [0.717, 1.165) is 19.5 Å². The summed E-state index contributed by atoms with van der Waals surface area (Å²) in [7, 11) is 0. The van der Waals surface area contributed by atoms with Crippen molar-refractivity contribution in [3.63, 3.8) is 0 Å². The van der Waals surface area contributed by atoms with Crippen molar-refractivity contribution in [2.75, 3.05) is 19.6 Å². The Labute approximate surface area is 79.8 Å². The highest BCUT2D eigenvalue weighted by molar-refractivity contribution is 5.85. The number of amides is 1. The molecule has 1 saturated heterocycles. The van der Waals surface area contributed by atoms with Gasteiger partial charge in [0.25, 0.3) is 0 Å². The highest BCUT2D eigenvalue weighted by atomic mass is 16.2. The molecule has 1 aliphatic heterocycles. The number of carbonyl (C=O) groups is 1. The van der Waals surface area contributed by atoms with E-state index in [1.165, 1.54) is 0 Å². The second kappa shape index (κ2) is 3.92. The molecule has 3 heteroatoms. The Hall–Kier alpha value is -0.830. The summed E-state index contributed by atoms with van der Waals surface area (Å²) < 4.78 is 0. The summed E-state index contributed by atoms with van der Waals surface area (Å²) in [6.45, 7) is 9.91. The lowest BCUT2D eigenvalue weighted by Gasteiger charge is -2.28. The van der Waals surface area contributed by atoms with Crippen molar-refractivity contribution in [3.8, 4) is 0 Å². The summed E-state index contributed by atoms with van der Waals surface area (Å²) in [4.78, 5) is 13.7. The first-order chi connectivity index (χ1) is 6.08. The van der Waals surface area contributed by atoms with Gasteiger partial charge in [0.15, 0.2) is 0 Å². The molecule has 1 fully saturated rings. The Morgan fingerprint density at radius 1 is 1.69 bits per heavy atom. The van der Waals surface area contributed by atoms with Crippen LogP contribution in [0.15, 0.2) is 12.7 Å². The van der Waals surface area contributed by atoms with Crippen LogP contribution in [0.4, 0.5) is 0 Å². The third kappa shape index (κ3) is 2.31. The molecule has 0 aromatic carbocycles. The zero-order valence-corrected chi connectivity index (χ0v) is 8.47. The van der Waals surface area contributed by atoms with Gasteiger partial charge >= 0.3 is 0 Å². The lowest BCUT2D eigenvalue weighted by molar-refractivity contribution is -0.135. The van der Waals surface area contributed by atoms with Crippen LogP contribution in [0.2, 0.25) is 0 Å². The van der Waals surface area contributed by atoms with Crippen molar-refractivity contribution in [1.82, 2.24) is 10.2 Å². The lowest BCUT2D eigenvalue weighted by atomic mass is 10.0. The van der Waals surface area contributed by atoms with E-state index in [1.807, 2.05) is 18.7 Å². The third-order valence-electron chi connectivity index (χ3n) is 2.34. The van der Waals surface area contributed by atoms with Gasteiger partial charge in [-0.25, -0.2) is 0 Å². The Morgan fingerprint density at radius 2 is 2.38 bits per heavy atom. The van der Waals surface area contributed by atoms with Gasteiger partial charge in [0.05, 0.1) is 5.54 Å². The topological polar surface area (TPSA) is 32.3 Å². The van der Waals surface area contributed by atoms with E-state index in [2.05, 4.69) is 11.9 Å². The van der Waals surface area contributed by atoms with E-state index in [-0.39, 0.29) is 5.91 Å². The summed E-state index contributed by atoms with van der Waals surface area (Å²) in [6.07, 6.45) is 2.79. The summed E-state index contributed by atoms with van der Waals surface area (Å²) in [5.74, 6) is 0.171. The maximum absolute atomic E-state index is 11.9. The van der Waals surface area contributed by atoms with Crippen LogP contribution in [0, 0.1) is 0 Å². The van der Waals surface area contributed by atoms with Crippen LogP contribution in [0.5, 0.6) is 0 Å². The van der Waals surface area contributed by atoms with Gasteiger partial charge in [0.1, 0.15) is 0 Å². The molecule has 1 aliphatic rings. The van der Waals surface area contributed by atoms with Crippen molar-refractivity contribution in [1.29, 1.82) is 0 Å². The quantitative estimate of drug-likeness (QED) is 0.640. The smallest absolute Gasteiger partial charge is 0.242 e. The maximum atomic E-state index is 11.9. The van der Waals surface area contributed by atoms with Crippen LogP contribution in [-0.4, -0.2) is 36.0 Å². The van der Waals surface area contributed by atoms with Crippen LogP contribution in [0.1, 0.15) is 20.3 Å². The van der Waals surface area contributed by atoms with Gasteiger partial charge in [-0.05, 0) is 26.8 Å². The van der Waals surface area contributed by atoms with Crippen molar-refractivity contribution in [3.05, 3.63) is 12.7 Å². The molecular formula is C10H18N2O. The average molecular weight is 182 g/mol. The van der Waals surface area contributed by atoms with Gasteiger partial charge in [-0.3, -0.25) is 4.79 Å². The first-order valence-electron chi connectivity index (χ1n) is 4.73. The zero-order chi connectivity index (χ0) is 9.90. The molecule has 13 heavy (non-hydrogen) atoms. The maximum Gasteiger partial charge on any atom is 0.242 e. The lowest BCUT2D eigenvalue weighted by Crippen LogP contribution is -2.51. The van der Waals surface area contributed by atoms with E-state index < -0.39 is 5.54 Å². The minimum atomic E-state index is -0.417. The molecule has 0 aromatic rings. The fourth-order valence-electron chi connectivity index (χ4n) is 1.57. The molecular weight excluding hydrogens is 164 g/mol. The Morgan fingerprint density at radius 3 is 3.00 bits per heavy atom. The monoisotopic (exact) mass is 182 g/mol. The summed E-state index contributed by atoms with van der Waals surface area (Å²) in [5, 5.41) is 3.23. The van der Waals surface area contributed by atoms with Gasteiger partial charge in [-0.2, -0.15) is 0 Å². The highest BCUT2D eigenvalue weighted by Crippen LogP contribution is 2.11. The third-order valence-corrected chi connectivity index (χ3v) is 2.34. The molecule has 0 aliphatic carbocycles. The van der Waals surface area contributed by atoms with Crippen molar-refractivity contribution in [2.45, 2.75) is 25.8 Å². The molecule has 74 valence electrons. The second-order valence-corrected chi connectivity index (χ2v) is 3.95. The summed E-state index contributed by atoms with van der Waals surface area (Å²) in [5.41, 5.74) is -0.417. The fraction of sp³-hybridized carbons (Fsp3) is 0.700. The minimum absolute atomic E-state index is 0.171. The molecule has 0 saturated carbocycles. The van der Waals surface area contributed by atoms with Crippen molar-refractivity contribution < 1.29 is 4.79 Å². The number of rotatable bonds is 2. The normalized spacial score (nSPS) is 22.6. The Kier molecular flexibility index (Phi) is 3.09. The standard InChI is InChI=1S/C10H18N2O/c1-4-7-12-8-5-6-11-10(2,3)9(12)13/h4,11H,1,5-8H2,2-3H3. The van der Waals surface area contributed by atoms with Crippen LogP contribution in [0.3, 0.4) is 0 Å². The van der Waals surface area contributed by atoms with Gasteiger partial charge in [0.2, 0.25) is 5.91 Å². The van der Waals surface area contributed by atoms with Crippen LogP contribution >= 0.6 is 0 Å². The van der Waals surface area contributed by atoms with E-state index in [9.17, 15) is 4.79 Å². The Bertz CT molecular complexity index is 211. The van der Waals surface area contributed by atoms with Crippen molar-refractivity contribution >= 4 is 5.91 Å². The molecule has 3 nitrogen and oxygen atoms in total. The van der Waals surface area contributed by atoms with E-state index in [1.54, 1.807) is 6.08 Å². The predicted octanol–water partition coefficient (Wildman–Crippen LogP) is 0.773. The van der Waals surface area contributed by atoms with E-state index in [4.69, 9.17) is 0 Å². The number of hydrogen-bond acceptors (Lipinski definition) is 2. The SMILES string of the molecule is C=CCN1CCCNC(C)(C)C1=O.